The smallest absolute Gasteiger partial charge is 0.319 e. The van der Waals surface area contributed by atoms with Crippen molar-refractivity contribution in [1.82, 2.24) is 14.5 Å². The van der Waals surface area contributed by atoms with Crippen LogP contribution in [0.15, 0.2) is 36.7 Å². The zero-order valence-electron chi connectivity index (χ0n) is 14.8. The van der Waals surface area contributed by atoms with E-state index in [-0.39, 0.29) is 24.2 Å². The van der Waals surface area contributed by atoms with Gasteiger partial charge in [0.05, 0.1) is 6.54 Å². The van der Waals surface area contributed by atoms with E-state index in [1.54, 1.807) is 24.3 Å². The van der Waals surface area contributed by atoms with Crippen molar-refractivity contribution in [3.05, 3.63) is 48.0 Å². The third-order valence-corrected chi connectivity index (χ3v) is 4.28. The lowest BCUT2D eigenvalue weighted by atomic mass is 10.1. The Bertz CT molecular complexity index is 818. The first-order chi connectivity index (χ1) is 13.0. The van der Waals surface area contributed by atoms with E-state index in [4.69, 9.17) is 4.74 Å². The monoisotopic (exact) mass is 378 g/mol. The Morgan fingerprint density at radius 2 is 2.26 bits per heavy atom. The van der Waals surface area contributed by atoms with Gasteiger partial charge >= 0.3 is 6.55 Å². The lowest BCUT2D eigenvalue weighted by molar-refractivity contribution is -0.124. The molecule has 1 N–H and O–H groups in total. The van der Waals surface area contributed by atoms with Crippen LogP contribution in [0, 0.1) is 0 Å². The fourth-order valence-corrected chi connectivity index (χ4v) is 2.89. The number of aromatic nitrogens is 2. The fourth-order valence-electron chi connectivity index (χ4n) is 2.89. The summed E-state index contributed by atoms with van der Waals surface area (Å²) in [6, 6.07) is 6.46. The van der Waals surface area contributed by atoms with Crippen molar-refractivity contribution in [3.63, 3.8) is 0 Å². The first kappa shape index (κ1) is 19.0. The minimum absolute atomic E-state index is 0.0668. The number of nitrogens with zero attached hydrogens (tertiary/aromatic N) is 3. The molecular formula is C18H20F2N4O3. The van der Waals surface area contributed by atoms with Crippen LogP contribution >= 0.6 is 0 Å². The van der Waals surface area contributed by atoms with Crippen LogP contribution in [0.2, 0.25) is 0 Å². The molecule has 1 aromatic heterocycles. The number of halogens is 2. The maximum atomic E-state index is 12.9. The number of imidazole rings is 1. The molecule has 2 heterocycles. The third kappa shape index (κ3) is 4.48. The largest absolute Gasteiger partial charge is 0.368 e. The molecule has 9 heteroatoms. The molecule has 0 saturated carbocycles. The van der Waals surface area contributed by atoms with Gasteiger partial charge in [-0.15, -0.1) is 0 Å². The molecule has 0 spiro atoms. The van der Waals surface area contributed by atoms with E-state index in [2.05, 4.69) is 10.3 Å². The van der Waals surface area contributed by atoms with Crippen LogP contribution in [-0.4, -0.2) is 46.0 Å². The molecule has 144 valence electrons. The van der Waals surface area contributed by atoms with E-state index < -0.39 is 12.7 Å². The van der Waals surface area contributed by atoms with Crippen molar-refractivity contribution in [2.75, 3.05) is 19.0 Å². The van der Waals surface area contributed by atoms with Crippen molar-refractivity contribution < 1.29 is 23.1 Å². The predicted octanol–water partition coefficient (Wildman–Crippen LogP) is 2.67. The zero-order valence-corrected chi connectivity index (χ0v) is 14.8. The standard InChI is InChI=1S/C18H20F2N4O3/c1-23(11-15-21-7-8-24(15)18(19)20)17(26)12-4-2-5-13(10-12)22-16(25)14-6-3-9-27-14/h2,4-5,7-8,10,14,18H,3,6,9,11H2,1H3,(H,22,25)/t14-/m1/s1. The molecule has 1 atom stereocenters. The van der Waals surface area contributed by atoms with Crippen LogP contribution in [0.5, 0.6) is 0 Å². The van der Waals surface area contributed by atoms with Crippen molar-refractivity contribution >= 4 is 17.5 Å². The van der Waals surface area contributed by atoms with E-state index in [9.17, 15) is 18.4 Å². The second kappa shape index (κ2) is 8.26. The van der Waals surface area contributed by atoms with Gasteiger partial charge in [-0.05, 0) is 31.0 Å². The average molecular weight is 378 g/mol. The van der Waals surface area contributed by atoms with Crippen LogP contribution < -0.4 is 5.32 Å². The van der Waals surface area contributed by atoms with E-state index in [1.165, 1.54) is 24.3 Å². The van der Waals surface area contributed by atoms with Crippen molar-refractivity contribution in [2.24, 2.45) is 0 Å². The summed E-state index contributed by atoms with van der Waals surface area (Å²) in [7, 11) is 1.50. The minimum atomic E-state index is -2.72. The molecule has 3 rings (SSSR count). The number of carbonyl (C=O) groups is 2. The number of rotatable bonds is 6. The number of anilines is 1. The Hall–Kier alpha value is -2.81. The molecule has 1 aliphatic heterocycles. The van der Waals surface area contributed by atoms with Gasteiger partial charge in [-0.1, -0.05) is 6.07 Å². The summed E-state index contributed by atoms with van der Waals surface area (Å²) in [5.41, 5.74) is 0.807. The highest BCUT2D eigenvalue weighted by molar-refractivity contribution is 5.98. The van der Waals surface area contributed by atoms with Gasteiger partial charge in [0.15, 0.2) is 0 Å². The summed E-state index contributed by atoms with van der Waals surface area (Å²) in [5, 5.41) is 2.74. The molecule has 0 radical (unpaired) electrons. The van der Waals surface area contributed by atoms with Gasteiger partial charge in [-0.25, -0.2) is 4.98 Å². The maximum absolute atomic E-state index is 12.9. The van der Waals surface area contributed by atoms with Gasteiger partial charge in [-0.2, -0.15) is 8.78 Å². The molecule has 1 fully saturated rings. The van der Waals surface area contributed by atoms with Gasteiger partial charge in [-0.3, -0.25) is 14.2 Å². The Kier molecular flexibility index (Phi) is 5.80. The SMILES string of the molecule is CN(Cc1nccn1C(F)F)C(=O)c1cccc(NC(=O)[C@H]2CCCO2)c1. The highest BCUT2D eigenvalue weighted by atomic mass is 19.3. The first-order valence-electron chi connectivity index (χ1n) is 8.53. The second-order valence-electron chi connectivity index (χ2n) is 6.26. The predicted molar refractivity (Wildman–Crippen MR) is 93.3 cm³/mol. The summed E-state index contributed by atoms with van der Waals surface area (Å²) in [4.78, 5) is 29.9. The fraction of sp³-hybridized carbons (Fsp3) is 0.389. The molecule has 7 nitrogen and oxygen atoms in total. The number of carbonyl (C=O) groups excluding carboxylic acids is 2. The maximum Gasteiger partial charge on any atom is 0.319 e. The number of benzene rings is 1. The number of nitrogens with one attached hydrogen (secondary N) is 1. The molecule has 1 aromatic carbocycles. The topological polar surface area (TPSA) is 76.5 Å². The van der Waals surface area contributed by atoms with Crippen molar-refractivity contribution in [1.29, 1.82) is 0 Å². The van der Waals surface area contributed by atoms with E-state index in [0.29, 0.717) is 28.8 Å². The normalized spacial score (nSPS) is 16.5. The lowest BCUT2D eigenvalue weighted by Gasteiger charge is -2.18. The molecule has 1 aliphatic rings. The molecule has 2 aromatic rings. The Labute approximate surface area is 154 Å². The molecule has 2 amide bonds. The number of alkyl halides is 2. The highest BCUT2D eigenvalue weighted by Gasteiger charge is 2.24. The van der Waals surface area contributed by atoms with Crippen LogP contribution in [0.25, 0.3) is 0 Å². The Morgan fingerprint density at radius 1 is 1.44 bits per heavy atom. The average Bonchev–Trinajstić information content (AvgIpc) is 3.33. The minimum Gasteiger partial charge on any atom is -0.368 e. The summed E-state index contributed by atoms with van der Waals surface area (Å²) >= 11 is 0. The Balaban J connectivity index is 1.67. The van der Waals surface area contributed by atoms with E-state index in [1.807, 2.05) is 0 Å². The number of hydrogen-bond donors (Lipinski definition) is 1. The van der Waals surface area contributed by atoms with Gasteiger partial charge < -0.3 is 15.0 Å². The van der Waals surface area contributed by atoms with Crippen LogP contribution in [0.1, 0.15) is 35.6 Å². The number of ether oxygens (including phenoxy) is 1. The quantitative estimate of drug-likeness (QED) is 0.839. The molecule has 1 saturated heterocycles. The molecular weight excluding hydrogens is 358 g/mol. The van der Waals surface area contributed by atoms with Crippen LogP contribution in [0.4, 0.5) is 14.5 Å². The van der Waals surface area contributed by atoms with Gasteiger partial charge in [0.1, 0.15) is 11.9 Å². The zero-order chi connectivity index (χ0) is 19.4. The third-order valence-electron chi connectivity index (χ3n) is 4.28. The lowest BCUT2D eigenvalue weighted by Crippen LogP contribution is -2.29. The second-order valence-corrected chi connectivity index (χ2v) is 6.26. The van der Waals surface area contributed by atoms with Crippen molar-refractivity contribution in [2.45, 2.75) is 32.0 Å². The van der Waals surface area contributed by atoms with Crippen LogP contribution in [0.3, 0.4) is 0 Å². The van der Waals surface area contributed by atoms with E-state index >= 15 is 0 Å². The summed E-state index contributed by atoms with van der Waals surface area (Å²) in [5.74, 6) is -0.528. The molecule has 0 aliphatic carbocycles. The summed E-state index contributed by atoms with van der Waals surface area (Å²) in [6.07, 6.45) is 3.47. The van der Waals surface area contributed by atoms with E-state index in [0.717, 1.165) is 6.42 Å². The van der Waals surface area contributed by atoms with Gasteiger partial charge in [0, 0.05) is 37.3 Å². The van der Waals surface area contributed by atoms with Crippen molar-refractivity contribution in [3.8, 4) is 0 Å². The summed E-state index contributed by atoms with van der Waals surface area (Å²) < 4.78 is 31.9. The highest BCUT2D eigenvalue weighted by Crippen LogP contribution is 2.18. The molecule has 27 heavy (non-hydrogen) atoms. The van der Waals surface area contributed by atoms with Crippen LogP contribution in [-0.2, 0) is 16.1 Å². The summed E-state index contributed by atoms with van der Waals surface area (Å²) in [6.45, 7) is -2.22. The molecule has 0 unspecified atom stereocenters. The van der Waals surface area contributed by atoms with Gasteiger partial charge in [0.25, 0.3) is 11.8 Å². The number of hydrogen-bond acceptors (Lipinski definition) is 4. The first-order valence-corrected chi connectivity index (χ1v) is 8.53. The Morgan fingerprint density at radius 3 is 2.96 bits per heavy atom. The number of amides is 2. The molecule has 0 bridgehead atoms. The van der Waals surface area contributed by atoms with Gasteiger partial charge in [0.2, 0.25) is 0 Å².